The van der Waals surface area contributed by atoms with Crippen LogP contribution < -0.4 is 4.74 Å². The first kappa shape index (κ1) is 16.6. The van der Waals surface area contributed by atoms with Crippen LogP contribution in [0.15, 0.2) is 24.3 Å². The van der Waals surface area contributed by atoms with Crippen LogP contribution in [0, 0.1) is 11.3 Å². The van der Waals surface area contributed by atoms with Crippen molar-refractivity contribution in [1.29, 1.82) is 0 Å². The molecule has 0 atom stereocenters. The fraction of sp³-hybridized carbons (Fsp3) is 0.588. The number of hydrogen-bond donors (Lipinski definition) is 2. The van der Waals surface area contributed by atoms with E-state index >= 15 is 0 Å². The van der Waals surface area contributed by atoms with Gasteiger partial charge in [0.1, 0.15) is 5.75 Å². The second-order valence-electron chi connectivity index (χ2n) is 6.65. The smallest absolute Gasteiger partial charge is 0.407 e. The van der Waals surface area contributed by atoms with Crippen molar-refractivity contribution in [1.82, 2.24) is 4.90 Å². The summed E-state index contributed by atoms with van der Waals surface area (Å²) in [7, 11) is 0. The molecule has 1 aromatic rings. The van der Waals surface area contributed by atoms with Gasteiger partial charge in [0.25, 0.3) is 0 Å². The molecule has 0 aliphatic heterocycles. The van der Waals surface area contributed by atoms with Crippen molar-refractivity contribution >= 4 is 6.09 Å². The Balaban J connectivity index is 1.93. The lowest BCUT2D eigenvalue weighted by Crippen LogP contribution is -2.35. The Morgan fingerprint density at radius 3 is 2.41 bits per heavy atom. The number of nitrogens with zero attached hydrogens (tertiary/aromatic N) is 1. The molecule has 2 N–H and O–H groups in total. The lowest BCUT2D eigenvalue weighted by molar-refractivity contribution is 0.113. The molecule has 0 unspecified atom stereocenters. The standard InChI is InChI=1S/C17H25NO4/c1-13(2)10-22-15-5-3-14(4-6-15)9-18(16(20)21)11-17(12-19)7-8-17/h3-6,13,19H,7-12H2,1-2H3,(H,20,21). The van der Waals surface area contributed by atoms with Crippen molar-refractivity contribution in [2.75, 3.05) is 19.8 Å². The number of carbonyl (C=O) groups is 1. The number of carboxylic acid groups (broad SMARTS) is 1. The molecule has 122 valence electrons. The van der Waals surface area contributed by atoms with Gasteiger partial charge in [0.2, 0.25) is 0 Å². The molecule has 1 aromatic carbocycles. The van der Waals surface area contributed by atoms with Gasteiger partial charge in [-0.2, -0.15) is 0 Å². The third-order valence-corrected chi connectivity index (χ3v) is 3.97. The zero-order valence-electron chi connectivity index (χ0n) is 13.3. The van der Waals surface area contributed by atoms with Crippen LogP contribution in [-0.4, -0.2) is 41.0 Å². The minimum absolute atomic E-state index is 0.0543. The normalized spacial score (nSPS) is 15.6. The molecule has 1 aliphatic rings. The number of aliphatic hydroxyl groups excluding tert-OH is 1. The summed E-state index contributed by atoms with van der Waals surface area (Å²) < 4.78 is 5.62. The Kier molecular flexibility index (Phi) is 5.29. The van der Waals surface area contributed by atoms with Crippen LogP contribution in [0.5, 0.6) is 5.75 Å². The maximum atomic E-state index is 11.4. The molecule has 0 saturated heterocycles. The van der Waals surface area contributed by atoms with E-state index in [9.17, 15) is 15.0 Å². The maximum Gasteiger partial charge on any atom is 0.407 e. The van der Waals surface area contributed by atoms with E-state index in [1.54, 1.807) is 0 Å². The summed E-state index contributed by atoms with van der Waals surface area (Å²) >= 11 is 0. The van der Waals surface area contributed by atoms with Gasteiger partial charge in [-0.05, 0) is 36.5 Å². The van der Waals surface area contributed by atoms with Gasteiger partial charge in [0.15, 0.2) is 0 Å². The molecule has 1 aliphatic carbocycles. The predicted molar refractivity (Wildman–Crippen MR) is 84.0 cm³/mol. The van der Waals surface area contributed by atoms with Crippen LogP contribution >= 0.6 is 0 Å². The minimum atomic E-state index is -0.945. The zero-order chi connectivity index (χ0) is 16.2. The Morgan fingerprint density at radius 1 is 1.32 bits per heavy atom. The van der Waals surface area contributed by atoms with Crippen LogP contribution in [0.1, 0.15) is 32.3 Å². The number of hydrogen-bond acceptors (Lipinski definition) is 3. The van der Waals surface area contributed by atoms with Crippen molar-refractivity contribution in [3.63, 3.8) is 0 Å². The van der Waals surface area contributed by atoms with Gasteiger partial charge in [0.05, 0.1) is 13.2 Å². The van der Waals surface area contributed by atoms with Crippen LogP contribution in [0.2, 0.25) is 0 Å². The molecule has 22 heavy (non-hydrogen) atoms. The number of rotatable bonds is 8. The molecule has 1 fully saturated rings. The van der Waals surface area contributed by atoms with E-state index in [2.05, 4.69) is 13.8 Å². The number of amides is 1. The Labute approximate surface area is 131 Å². The first-order chi connectivity index (χ1) is 10.4. The number of aliphatic hydroxyl groups is 1. The highest BCUT2D eigenvalue weighted by atomic mass is 16.5. The van der Waals surface area contributed by atoms with Crippen molar-refractivity contribution < 1.29 is 19.7 Å². The fourth-order valence-electron chi connectivity index (χ4n) is 2.31. The molecule has 0 spiro atoms. The van der Waals surface area contributed by atoms with Crippen molar-refractivity contribution in [2.45, 2.75) is 33.2 Å². The fourth-order valence-corrected chi connectivity index (χ4v) is 2.31. The molecule has 1 amide bonds. The Morgan fingerprint density at radius 2 is 1.95 bits per heavy atom. The summed E-state index contributed by atoms with van der Waals surface area (Å²) in [6, 6.07) is 7.53. The third kappa shape index (κ3) is 4.63. The summed E-state index contributed by atoms with van der Waals surface area (Å²) in [6.45, 7) is 5.63. The molecule has 0 aromatic heterocycles. The molecular weight excluding hydrogens is 282 g/mol. The van der Waals surface area contributed by atoms with Crippen molar-refractivity contribution in [3.8, 4) is 5.75 Å². The van der Waals surface area contributed by atoms with Crippen LogP contribution in [-0.2, 0) is 6.54 Å². The van der Waals surface area contributed by atoms with E-state index in [0.29, 0.717) is 25.6 Å². The van der Waals surface area contributed by atoms with Crippen LogP contribution in [0.3, 0.4) is 0 Å². The Hall–Kier alpha value is -1.75. The van der Waals surface area contributed by atoms with E-state index in [1.165, 1.54) is 4.90 Å². The molecule has 0 heterocycles. The molecular formula is C17H25NO4. The molecule has 5 nitrogen and oxygen atoms in total. The second kappa shape index (κ2) is 7.01. The lowest BCUT2D eigenvalue weighted by atomic mass is 10.1. The van der Waals surface area contributed by atoms with E-state index < -0.39 is 6.09 Å². The highest BCUT2D eigenvalue weighted by Crippen LogP contribution is 2.45. The summed E-state index contributed by atoms with van der Waals surface area (Å²) in [6.07, 6.45) is 0.852. The number of benzene rings is 1. The monoisotopic (exact) mass is 307 g/mol. The first-order valence-corrected chi connectivity index (χ1v) is 7.74. The predicted octanol–water partition coefficient (Wildman–Crippen LogP) is 2.97. The summed E-state index contributed by atoms with van der Waals surface area (Å²) in [4.78, 5) is 12.8. The van der Waals surface area contributed by atoms with Crippen molar-refractivity contribution in [2.24, 2.45) is 11.3 Å². The summed E-state index contributed by atoms with van der Waals surface area (Å²) in [5, 5.41) is 18.7. The second-order valence-corrected chi connectivity index (χ2v) is 6.65. The van der Waals surface area contributed by atoms with Gasteiger partial charge in [-0.25, -0.2) is 4.79 Å². The van der Waals surface area contributed by atoms with Crippen LogP contribution in [0.4, 0.5) is 4.79 Å². The Bertz CT molecular complexity index is 494. The molecule has 2 rings (SSSR count). The average Bonchev–Trinajstić information content (AvgIpc) is 3.26. The maximum absolute atomic E-state index is 11.4. The van der Waals surface area contributed by atoms with Gasteiger partial charge < -0.3 is 19.8 Å². The van der Waals surface area contributed by atoms with Gasteiger partial charge in [-0.15, -0.1) is 0 Å². The molecule has 0 bridgehead atoms. The largest absolute Gasteiger partial charge is 0.493 e. The lowest BCUT2D eigenvalue weighted by Gasteiger charge is -2.24. The van der Waals surface area contributed by atoms with Gasteiger partial charge >= 0.3 is 6.09 Å². The minimum Gasteiger partial charge on any atom is -0.493 e. The highest BCUT2D eigenvalue weighted by Gasteiger charge is 2.44. The summed E-state index contributed by atoms with van der Waals surface area (Å²) in [5.74, 6) is 1.27. The van der Waals surface area contributed by atoms with E-state index in [0.717, 1.165) is 24.2 Å². The van der Waals surface area contributed by atoms with Gasteiger partial charge in [-0.3, -0.25) is 0 Å². The molecule has 0 radical (unpaired) electrons. The van der Waals surface area contributed by atoms with Crippen LogP contribution in [0.25, 0.3) is 0 Å². The average molecular weight is 307 g/mol. The molecule has 5 heteroatoms. The third-order valence-electron chi connectivity index (χ3n) is 3.97. The first-order valence-electron chi connectivity index (χ1n) is 7.74. The molecule has 1 saturated carbocycles. The topological polar surface area (TPSA) is 70.0 Å². The van der Waals surface area contributed by atoms with Gasteiger partial charge in [-0.1, -0.05) is 26.0 Å². The van der Waals surface area contributed by atoms with Gasteiger partial charge in [0, 0.05) is 18.5 Å². The highest BCUT2D eigenvalue weighted by molar-refractivity contribution is 5.65. The zero-order valence-corrected chi connectivity index (χ0v) is 13.3. The SMILES string of the molecule is CC(C)COc1ccc(CN(CC2(CO)CC2)C(=O)O)cc1. The van der Waals surface area contributed by atoms with E-state index in [-0.39, 0.29) is 12.0 Å². The quantitative estimate of drug-likeness (QED) is 0.774. The number of ether oxygens (including phenoxy) is 1. The van der Waals surface area contributed by atoms with E-state index in [4.69, 9.17) is 4.74 Å². The summed E-state index contributed by atoms with van der Waals surface area (Å²) in [5.41, 5.74) is 0.714. The van der Waals surface area contributed by atoms with Crippen molar-refractivity contribution in [3.05, 3.63) is 29.8 Å². The van der Waals surface area contributed by atoms with E-state index in [1.807, 2.05) is 24.3 Å².